The van der Waals surface area contributed by atoms with Gasteiger partial charge in [0, 0.05) is 12.3 Å². The molecule has 1 aromatic carbocycles. The summed E-state index contributed by atoms with van der Waals surface area (Å²) in [5.74, 6) is -0.414. The van der Waals surface area contributed by atoms with Crippen LogP contribution in [0, 0.1) is 12.7 Å². The van der Waals surface area contributed by atoms with E-state index in [1.54, 1.807) is 17.1 Å². The third kappa shape index (κ3) is 1.63. The van der Waals surface area contributed by atoms with E-state index in [4.69, 9.17) is 11.5 Å². The Morgan fingerprint density at radius 1 is 1.33 bits per heavy atom. The van der Waals surface area contributed by atoms with Crippen LogP contribution in [0.1, 0.15) is 5.69 Å². The predicted octanol–water partition coefficient (Wildman–Crippen LogP) is 1.48. The second kappa shape index (κ2) is 3.27. The van der Waals surface area contributed by atoms with Gasteiger partial charge >= 0.3 is 0 Å². The van der Waals surface area contributed by atoms with Crippen molar-refractivity contribution in [1.29, 1.82) is 0 Å². The molecular formula is C10H11FN4. The molecule has 4 nitrogen and oxygen atoms in total. The molecule has 0 radical (unpaired) electrons. The fraction of sp³-hybridized carbons (Fsp3) is 0.100. The Labute approximate surface area is 86.3 Å². The minimum absolute atomic E-state index is 0.233. The van der Waals surface area contributed by atoms with Gasteiger partial charge in [-0.05, 0) is 13.0 Å². The zero-order valence-corrected chi connectivity index (χ0v) is 8.24. The van der Waals surface area contributed by atoms with Crippen molar-refractivity contribution in [3.63, 3.8) is 0 Å². The highest BCUT2D eigenvalue weighted by Crippen LogP contribution is 2.25. The van der Waals surface area contributed by atoms with Crippen LogP contribution < -0.4 is 11.5 Å². The molecule has 0 amide bonds. The lowest BCUT2D eigenvalue weighted by molar-refractivity contribution is 0.627. The Morgan fingerprint density at radius 2 is 2.07 bits per heavy atom. The first-order valence-corrected chi connectivity index (χ1v) is 4.43. The van der Waals surface area contributed by atoms with E-state index in [9.17, 15) is 4.39 Å². The second-order valence-corrected chi connectivity index (χ2v) is 3.35. The van der Waals surface area contributed by atoms with Gasteiger partial charge in [-0.2, -0.15) is 0 Å². The molecule has 78 valence electrons. The summed E-state index contributed by atoms with van der Waals surface area (Å²) >= 11 is 0. The van der Waals surface area contributed by atoms with Crippen LogP contribution in [0.4, 0.5) is 15.8 Å². The van der Waals surface area contributed by atoms with Gasteiger partial charge in [0.15, 0.2) is 0 Å². The lowest BCUT2D eigenvalue weighted by Gasteiger charge is -2.08. The third-order valence-electron chi connectivity index (χ3n) is 2.14. The molecule has 0 unspecified atom stereocenters. The van der Waals surface area contributed by atoms with Gasteiger partial charge in [0.05, 0.1) is 29.1 Å². The monoisotopic (exact) mass is 206 g/mol. The number of benzene rings is 1. The van der Waals surface area contributed by atoms with Crippen molar-refractivity contribution in [2.24, 2.45) is 0 Å². The number of nitrogen functional groups attached to an aromatic ring is 2. The molecule has 0 bridgehead atoms. The fourth-order valence-electron chi connectivity index (χ4n) is 1.39. The molecule has 0 aliphatic heterocycles. The van der Waals surface area contributed by atoms with Crippen LogP contribution in [0.2, 0.25) is 0 Å². The van der Waals surface area contributed by atoms with E-state index in [2.05, 4.69) is 4.98 Å². The van der Waals surface area contributed by atoms with Gasteiger partial charge in [-0.15, -0.1) is 0 Å². The van der Waals surface area contributed by atoms with E-state index in [0.29, 0.717) is 11.4 Å². The van der Waals surface area contributed by atoms with E-state index in [-0.39, 0.29) is 5.69 Å². The standard InChI is InChI=1S/C10H11FN4/c1-6-4-15(5-14-6)9-3-7(11)2-8(12)10(9)13/h2-5H,12-13H2,1H3. The number of nitrogens with zero attached hydrogens (tertiary/aromatic N) is 2. The molecule has 0 atom stereocenters. The van der Waals surface area contributed by atoms with Crippen LogP contribution in [0.5, 0.6) is 0 Å². The fourth-order valence-corrected chi connectivity index (χ4v) is 1.39. The number of aromatic nitrogens is 2. The molecule has 0 spiro atoms. The van der Waals surface area contributed by atoms with Crippen LogP contribution in [-0.4, -0.2) is 9.55 Å². The number of aryl methyl sites for hydroxylation is 1. The summed E-state index contributed by atoms with van der Waals surface area (Å²) in [7, 11) is 0. The molecule has 2 rings (SSSR count). The number of imidazole rings is 1. The predicted molar refractivity (Wildman–Crippen MR) is 57.1 cm³/mol. The van der Waals surface area contributed by atoms with Crippen LogP contribution in [-0.2, 0) is 0 Å². The molecule has 2 aromatic rings. The Morgan fingerprint density at radius 3 is 2.67 bits per heavy atom. The molecule has 0 saturated heterocycles. The Kier molecular flexibility index (Phi) is 2.07. The van der Waals surface area contributed by atoms with Crippen molar-refractivity contribution in [2.75, 3.05) is 11.5 Å². The van der Waals surface area contributed by atoms with Crippen molar-refractivity contribution in [2.45, 2.75) is 6.92 Å². The molecule has 5 heteroatoms. The van der Waals surface area contributed by atoms with Crippen LogP contribution >= 0.6 is 0 Å². The van der Waals surface area contributed by atoms with E-state index >= 15 is 0 Å². The number of halogens is 1. The van der Waals surface area contributed by atoms with Crippen LogP contribution in [0.25, 0.3) is 5.69 Å². The van der Waals surface area contributed by atoms with Crippen molar-refractivity contribution in [1.82, 2.24) is 9.55 Å². The smallest absolute Gasteiger partial charge is 0.127 e. The van der Waals surface area contributed by atoms with E-state index in [0.717, 1.165) is 5.69 Å². The Balaban J connectivity index is 2.62. The topological polar surface area (TPSA) is 69.9 Å². The van der Waals surface area contributed by atoms with Crippen LogP contribution in [0.3, 0.4) is 0 Å². The normalized spacial score (nSPS) is 10.5. The second-order valence-electron chi connectivity index (χ2n) is 3.35. The lowest BCUT2D eigenvalue weighted by Crippen LogP contribution is -2.02. The molecule has 0 aliphatic carbocycles. The largest absolute Gasteiger partial charge is 0.397 e. The molecule has 4 N–H and O–H groups in total. The zero-order valence-electron chi connectivity index (χ0n) is 8.24. The van der Waals surface area contributed by atoms with Crippen molar-refractivity contribution < 1.29 is 4.39 Å². The zero-order chi connectivity index (χ0) is 11.0. The minimum atomic E-state index is -0.414. The number of anilines is 2. The Bertz CT molecular complexity index is 504. The maximum atomic E-state index is 13.1. The molecule has 0 fully saturated rings. The highest BCUT2D eigenvalue weighted by molar-refractivity contribution is 5.73. The summed E-state index contributed by atoms with van der Waals surface area (Å²) in [6.45, 7) is 1.84. The summed E-state index contributed by atoms with van der Waals surface area (Å²) in [4.78, 5) is 4.04. The summed E-state index contributed by atoms with van der Waals surface area (Å²) in [5.41, 5.74) is 13.2. The highest BCUT2D eigenvalue weighted by Gasteiger charge is 2.07. The maximum absolute atomic E-state index is 13.1. The van der Waals surface area contributed by atoms with Gasteiger partial charge in [-0.3, -0.25) is 0 Å². The van der Waals surface area contributed by atoms with Crippen molar-refractivity contribution in [3.05, 3.63) is 36.2 Å². The molecular weight excluding hydrogens is 195 g/mol. The average molecular weight is 206 g/mol. The van der Waals surface area contributed by atoms with Crippen LogP contribution in [0.15, 0.2) is 24.7 Å². The van der Waals surface area contributed by atoms with Crippen molar-refractivity contribution >= 4 is 11.4 Å². The number of nitrogens with two attached hydrogens (primary N) is 2. The highest BCUT2D eigenvalue weighted by atomic mass is 19.1. The first-order valence-electron chi connectivity index (χ1n) is 4.43. The van der Waals surface area contributed by atoms with E-state index in [1.165, 1.54) is 12.1 Å². The molecule has 1 heterocycles. The maximum Gasteiger partial charge on any atom is 0.127 e. The molecule has 15 heavy (non-hydrogen) atoms. The van der Waals surface area contributed by atoms with Gasteiger partial charge < -0.3 is 16.0 Å². The Hall–Kier alpha value is -2.04. The lowest BCUT2D eigenvalue weighted by atomic mass is 10.2. The van der Waals surface area contributed by atoms with E-state index in [1.807, 2.05) is 6.92 Å². The van der Waals surface area contributed by atoms with Gasteiger partial charge in [0.2, 0.25) is 0 Å². The summed E-state index contributed by atoms with van der Waals surface area (Å²) in [6.07, 6.45) is 3.32. The first kappa shape index (κ1) is 9.51. The minimum Gasteiger partial charge on any atom is -0.397 e. The third-order valence-corrected chi connectivity index (χ3v) is 2.14. The van der Waals surface area contributed by atoms with Gasteiger partial charge in [-0.1, -0.05) is 0 Å². The average Bonchev–Trinajstić information content (AvgIpc) is 2.58. The summed E-state index contributed by atoms with van der Waals surface area (Å²) < 4.78 is 14.8. The SMILES string of the molecule is Cc1cn(-c2cc(F)cc(N)c2N)cn1. The van der Waals surface area contributed by atoms with Gasteiger partial charge in [-0.25, -0.2) is 9.37 Å². The summed E-state index contributed by atoms with van der Waals surface area (Å²) in [5, 5.41) is 0. The van der Waals surface area contributed by atoms with Gasteiger partial charge in [0.1, 0.15) is 5.82 Å². The van der Waals surface area contributed by atoms with Gasteiger partial charge in [0.25, 0.3) is 0 Å². The summed E-state index contributed by atoms with van der Waals surface area (Å²) in [6, 6.07) is 2.52. The first-order chi connectivity index (χ1) is 7.08. The van der Waals surface area contributed by atoms with E-state index < -0.39 is 5.82 Å². The quantitative estimate of drug-likeness (QED) is 0.694. The number of hydrogen-bond acceptors (Lipinski definition) is 3. The molecule has 0 aliphatic rings. The van der Waals surface area contributed by atoms with Crippen molar-refractivity contribution in [3.8, 4) is 5.69 Å². The number of rotatable bonds is 1. The number of hydrogen-bond donors (Lipinski definition) is 2. The molecule has 1 aromatic heterocycles. The molecule has 0 saturated carbocycles.